The van der Waals surface area contributed by atoms with E-state index in [9.17, 15) is 27.2 Å². The largest absolute Gasteiger partial charge is 0.472 e. The third-order valence-electron chi connectivity index (χ3n) is 6.31. The second kappa shape index (κ2) is 16.8. The zero-order chi connectivity index (χ0) is 36.3. The summed E-state index contributed by atoms with van der Waals surface area (Å²) in [7, 11) is 2.85. The molecule has 0 aliphatic heterocycles. The van der Waals surface area contributed by atoms with Crippen LogP contribution in [0.15, 0.2) is 117 Å². The second-order valence-electron chi connectivity index (χ2n) is 9.61. The topological polar surface area (TPSA) is 148 Å². The number of halogens is 4. The predicted molar refractivity (Wildman–Crippen MR) is 181 cm³/mol. The third-order valence-corrected chi connectivity index (χ3v) is 8.08. The highest BCUT2D eigenvalue weighted by atomic mass is 32.2. The van der Waals surface area contributed by atoms with Gasteiger partial charge in [-0.25, -0.2) is 4.98 Å². The highest BCUT2D eigenvalue weighted by Crippen LogP contribution is 2.38. The van der Waals surface area contributed by atoms with Gasteiger partial charge in [0.2, 0.25) is 5.16 Å². The first-order valence-corrected chi connectivity index (χ1v) is 16.3. The lowest BCUT2D eigenvalue weighted by Crippen LogP contribution is -2.39. The Morgan fingerprint density at radius 2 is 1.44 bits per heavy atom. The van der Waals surface area contributed by atoms with E-state index in [-0.39, 0.29) is 45.3 Å². The Morgan fingerprint density at radius 3 is 2.04 bits per heavy atom. The number of carbonyl (C=O) groups excluding carboxylic acids is 2. The van der Waals surface area contributed by atoms with Crippen LogP contribution in [0, 0.1) is 0 Å². The number of aromatic nitrogens is 6. The van der Waals surface area contributed by atoms with Crippen LogP contribution in [0.4, 0.5) is 28.9 Å². The van der Waals surface area contributed by atoms with Crippen molar-refractivity contribution < 1.29 is 36.0 Å². The number of thioether (sulfide) groups is 2. The molecule has 0 spiro atoms. The van der Waals surface area contributed by atoms with Crippen LogP contribution >= 0.6 is 23.5 Å². The molecule has 4 heterocycles. The lowest BCUT2D eigenvalue weighted by Gasteiger charge is -2.22. The zero-order valence-electron chi connectivity index (χ0n) is 26.9. The molecule has 0 aliphatic carbocycles. The van der Waals surface area contributed by atoms with Crippen molar-refractivity contribution in [1.29, 1.82) is 0 Å². The average molecular weight is 731 g/mol. The fourth-order valence-electron chi connectivity index (χ4n) is 3.88. The lowest BCUT2D eigenvalue weighted by atomic mass is 10.3. The molecule has 2 N–H and O–H groups in total. The van der Waals surface area contributed by atoms with Gasteiger partial charge in [-0.1, -0.05) is 50.2 Å². The van der Waals surface area contributed by atoms with Gasteiger partial charge in [-0.2, -0.15) is 17.6 Å². The Balaban J connectivity index is 0.000000215. The minimum atomic E-state index is -3.72. The Morgan fingerprint density at radius 1 is 0.840 bits per heavy atom. The molecule has 0 saturated heterocycles. The summed E-state index contributed by atoms with van der Waals surface area (Å²) >= 11 is 0.0178. The molecular formula is C32H30F4N8O4S2. The van der Waals surface area contributed by atoms with Crippen LogP contribution < -0.4 is 10.2 Å². The highest BCUT2D eigenvalue weighted by Gasteiger charge is 2.45. The molecule has 4 aromatic heterocycles. The van der Waals surface area contributed by atoms with Gasteiger partial charge in [0.15, 0.2) is 16.8 Å². The van der Waals surface area contributed by atoms with E-state index in [4.69, 9.17) is 8.83 Å². The van der Waals surface area contributed by atoms with Gasteiger partial charge < -0.3 is 23.6 Å². The molecule has 0 atom stereocenters. The molecule has 0 radical (unpaired) electrons. The molecule has 0 aliphatic rings. The van der Waals surface area contributed by atoms with E-state index >= 15 is 0 Å². The Hall–Kier alpha value is -5.36. The van der Waals surface area contributed by atoms with Crippen molar-refractivity contribution in [3.05, 3.63) is 97.8 Å². The number of nitrogens with zero attached hydrogens (tertiary/aromatic N) is 6. The van der Waals surface area contributed by atoms with E-state index in [1.807, 2.05) is 13.8 Å². The number of anilines is 2. The van der Waals surface area contributed by atoms with Crippen LogP contribution in [0.3, 0.4) is 0 Å². The summed E-state index contributed by atoms with van der Waals surface area (Å²) in [6, 6.07) is 19.5. The van der Waals surface area contributed by atoms with Crippen molar-refractivity contribution in [3.63, 3.8) is 0 Å². The number of aromatic amines is 1. The molecule has 12 nitrogen and oxygen atoms in total. The molecule has 0 bridgehead atoms. The van der Waals surface area contributed by atoms with Crippen LogP contribution in [-0.4, -0.2) is 59.3 Å². The number of amides is 2. The predicted octanol–water partition coefficient (Wildman–Crippen LogP) is 7.84. The third kappa shape index (κ3) is 9.41. The van der Waals surface area contributed by atoms with Crippen molar-refractivity contribution in [2.45, 2.75) is 34.7 Å². The maximum Gasteiger partial charge on any atom is 0.378 e. The van der Waals surface area contributed by atoms with Gasteiger partial charge in [-0.15, -0.1) is 15.3 Å². The molecule has 0 fully saturated rings. The van der Waals surface area contributed by atoms with Crippen molar-refractivity contribution in [3.8, 4) is 22.8 Å². The van der Waals surface area contributed by atoms with Gasteiger partial charge in [0, 0.05) is 37.2 Å². The monoisotopic (exact) mass is 730 g/mol. The standard InChI is InChI=1S/C16H14F2N4O2S.C14H10F2N4O2S.C2H6/c1-21(12-6-4-3-5-7-12)14(23)16(17,18)25-15-20-19-13(22(15)2)11-8-9-24-10-11;15-14(16,12(21)17-10-4-2-1-3-5-10)23-13-18-11(19-20-13)9-6-7-22-8-9;1-2/h3-10H,1-2H3;1-8H,(H,17,21)(H,18,19,20);1-2H3. The average Bonchev–Trinajstić information content (AvgIpc) is 3.96. The van der Waals surface area contributed by atoms with Gasteiger partial charge in [0.05, 0.1) is 23.7 Å². The van der Waals surface area contributed by atoms with E-state index in [2.05, 4.69) is 30.7 Å². The van der Waals surface area contributed by atoms with Crippen LogP contribution in [0.2, 0.25) is 0 Å². The van der Waals surface area contributed by atoms with Crippen LogP contribution in [0.25, 0.3) is 22.8 Å². The molecule has 6 rings (SSSR count). The SMILES string of the molecule is CC.CN(C(=O)C(F)(F)Sc1nnc(-c2ccoc2)n1C)c1ccccc1.O=C(Nc1ccccc1)C(F)(F)Sc1n[nH]c(-c2ccoc2)n1. The molecule has 0 unspecified atom stereocenters. The van der Waals surface area contributed by atoms with Crippen LogP contribution in [0.5, 0.6) is 0 Å². The smallest absolute Gasteiger partial charge is 0.378 e. The first-order valence-electron chi connectivity index (χ1n) is 14.6. The summed E-state index contributed by atoms with van der Waals surface area (Å²) in [6.45, 7) is 4.00. The maximum atomic E-state index is 14.4. The van der Waals surface area contributed by atoms with E-state index in [1.54, 1.807) is 67.7 Å². The van der Waals surface area contributed by atoms with Crippen LogP contribution in [0.1, 0.15) is 13.8 Å². The van der Waals surface area contributed by atoms with Gasteiger partial charge in [0.25, 0.3) is 0 Å². The number of furan rings is 2. The first-order chi connectivity index (χ1) is 23.9. The number of alkyl halides is 4. The fraction of sp³-hybridized carbons (Fsp3) is 0.188. The second-order valence-corrected chi connectivity index (χ2v) is 11.8. The summed E-state index contributed by atoms with van der Waals surface area (Å²) in [5.74, 6) is -2.13. The zero-order valence-corrected chi connectivity index (χ0v) is 28.5. The number of carbonyl (C=O) groups is 2. The van der Waals surface area contributed by atoms with Crippen molar-refractivity contribution in [1.82, 2.24) is 29.9 Å². The van der Waals surface area contributed by atoms with Gasteiger partial charge in [-0.05, 0) is 48.2 Å². The normalized spacial score (nSPS) is 11.1. The number of nitrogens with one attached hydrogen (secondary N) is 2. The summed E-state index contributed by atoms with van der Waals surface area (Å²) in [5.41, 5.74) is 1.84. The van der Waals surface area contributed by atoms with Gasteiger partial charge in [0.1, 0.15) is 12.5 Å². The lowest BCUT2D eigenvalue weighted by molar-refractivity contribution is -0.131. The molecule has 262 valence electrons. The summed E-state index contributed by atoms with van der Waals surface area (Å²) in [5, 5.41) is 8.24. The van der Waals surface area contributed by atoms with E-state index < -0.39 is 22.3 Å². The number of H-pyrrole nitrogens is 1. The molecule has 50 heavy (non-hydrogen) atoms. The van der Waals surface area contributed by atoms with E-state index in [0.29, 0.717) is 22.6 Å². The molecule has 2 aromatic carbocycles. The van der Waals surface area contributed by atoms with E-state index in [1.165, 1.54) is 48.8 Å². The highest BCUT2D eigenvalue weighted by molar-refractivity contribution is 8.01. The molecule has 6 aromatic rings. The summed E-state index contributed by atoms with van der Waals surface area (Å²) in [4.78, 5) is 28.7. The summed E-state index contributed by atoms with van der Waals surface area (Å²) in [6.07, 6.45) is 5.70. The number of benzene rings is 2. The Kier molecular flexibility index (Phi) is 12.6. The van der Waals surface area contributed by atoms with Crippen molar-refractivity contribution in [2.75, 3.05) is 17.3 Å². The fourth-order valence-corrected chi connectivity index (χ4v) is 5.24. The molecular weight excluding hydrogens is 701 g/mol. The molecule has 18 heteroatoms. The van der Waals surface area contributed by atoms with Gasteiger partial charge in [-0.3, -0.25) is 14.7 Å². The number of hydrogen-bond donors (Lipinski definition) is 2. The van der Waals surface area contributed by atoms with Crippen molar-refractivity contribution in [2.24, 2.45) is 7.05 Å². The Labute approximate surface area is 291 Å². The molecule has 0 saturated carbocycles. The number of para-hydroxylation sites is 2. The van der Waals surface area contributed by atoms with Crippen LogP contribution in [-0.2, 0) is 16.6 Å². The Bertz CT molecular complexity index is 1940. The minimum Gasteiger partial charge on any atom is -0.472 e. The quantitative estimate of drug-likeness (QED) is 0.106. The first kappa shape index (κ1) is 37.5. The number of rotatable bonds is 10. The maximum absolute atomic E-state index is 14.4. The number of hydrogen-bond acceptors (Lipinski definition) is 10. The molecule has 2 amide bonds. The van der Waals surface area contributed by atoms with Gasteiger partial charge >= 0.3 is 22.3 Å². The van der Waals surface area contributed by atoms with Crippen molar-refractivity contribution >= 4 is 46.7 Å². The van der Waals surface area contributed by atoms with E-state index in [0.717, 1.165) is 4.90 Å². The summed E-state index contributed by atoms with van der Waals surface area (Å²) < 4.78 is 68.1. The minimum absolute atomic E-state index is 0.0381.